The van der Waals surface area contributed by atoms with E-state index in [0.29, 0.717) is 17.2 Å². The number of rotatable bonds is 3. The number of aryl methyl sites for hydroxylation is 1. The van der Waals surface area contributed by atoms with Crippen LogP contribution in [-0.4, -0.2) is 32.0 Å². The molecule has 0 radical (unpaired) electrons. The molecule has 0 aliphatic rings. The molecule has 0 spiro atoms. The Hall–Kier alpha value is -1.60. The van der Waals surface area contributed by atoms with Gasteiger partial charge >= 0.3 is 0 Å². The summed E-state index contributed by atoms with van der Waals surface area (Å²) in [7, 11) is -0.681. The van der Waals surface area contributed by atoms with E-state index in [0.717, 1.165) is 0 Å². The van der Waals surface area contributed by atoms with Gasteiger partial charge in [0.1, 0.15) is 5.82 Å². The molecular formula is C10H13N3O3S. The number of ether oxygens (including phenoxy) is 1. The van der Waals surface area contributed by atoms with Gasteiger partial charge in [0.2, 0.25) is 0 Å². The fourth-order valence-corrected chi connectivity index (χ4v) is 2.58. The fourth-order valence-electron chi connectivity index (χ4n) is 1.70. The van der Waals surface area contributed by atoms with E-state index in [1.165, 1.54) is 14.2 Å². The number of hydrogen-bond acceptors (Lipinski definition) is 4. The van der Waals surface area contributed by atoms with Crippen molar-refractivity contribution in [3.05, 3.63) is 24.0 Å². The molecule has 0 atom stereocenters. The minimum Gasteiger partial charge on any atom is -0.482 e. The quantitative estimate of drug-likeness (QED) is 0.869. The third kappa shape index (κ3) is 1.77. The van der Waals surface area contributed by atoms with E-state index in [1.54, 1.807) is 29.5 Å². The van der Waals surface area contributed by atoms with Crippen LogP contribution in [0.4, 0.5) is 0 Å². The standard InChI is InChI=1S/C10H13N3O3S/c1-7-12-10(17(14,15)11-2)8-5-4-6-9(16-3)13(7)8/h4-6,11H,1-3H3. The summed E-state index contributed by atoms with van der Waals surface area (Å²) in [6.45, 7) is 1.73. The van der Waals surface area contributed by atoms with Gasteiger partial charge in [-0.05, 0) is 26.1 Å². The van der Waals surface area contributed by atoms with E-state index >= 15 is 0 Å². The second-order valence-corrected chi connectivity index (χ2v) is 5.26. The molecule has 0 aliphatic carbocycles. The molecule has 0 aliphatic heterocycles. The maximum Gasteiger partial charge on any atom is 0.259 e. The van der Waals surface area contributed by atoms with Gasteiger partial charge in [0.25, 0.3) is 10.0 Å². The van der Waals surface area contributed by atoms with Crippen molar-refractivity contribution >= 4 is 15.5 Å². The number of fused-ring (bicyclic) bond motifs is 1. The van der Waals surface area contributed by atoms with Gasteiger partial charge in [-0.25, -0.2) is 18.1 Å². The van der Waals surface area contributed by atoms with E-state index < -0.39 is 10.0 Å². The van der Waals surface area contributed by atoms with Gasteiger partial charge in [-0.3, -0.25) is 4.40 Å². The highest BCUT2D eigenvalue weighted by molar-refractivity contribution is 7.89. The smallest absolute Gasteiger partial charge is 0.259 e. The SMILES string of the molecule is CNS(=O)(=O)c1nc(C)n2c(OC)cccc12. The molecule has 2 heterocycles. The second kappa shape index (κ2) is 4.01. The summed E-state index contributed by atoms with van der Waals surface area (Å²) >= 11 is 0. The highest BCUT2D eigenvalue weighted by atomic mass is 32.2. The first-order chi connectivity index (χ1) is 8.01. The molecule has 0 fully saturated rings. The van der Waals surface area contributed by atoms with Gasteiger partial charge in [0.05, 0.1) is 12.6 Å². The van der Waals surface area contributed by atoms with Crippen LogP contribution in [0.5, 0.6) is 5.88 Å². The lowest BCUT2D eigenvalue weighted by Gasteiger charge is -2.05. The van der Waals surface area contributed by atoms with Crippen LogP contribution in [0.15, 0.2) is 23.2 Å². The Balaban J connectivity index is 2.86. The number of pyridine rings is 1. The predicted octanol–water partition coefficient (Wildman–Crippen LogP) is 0.559. The zero-order valence-electron chi connectivity index (χ0n) is 9.76. The van der Waals surface area contributed by atoms with Crippen LogP contribution in [-0.2, 0) is 10.0 Å². The lowest BCUT2D eigenvalue weighted by atomic mass is 10.4. The summed E-state index contributed by atoms with van der Waals surface area (Å²) in [5.74, 6) is 1.11. The average molecular weight is 255 g/mol. The van der Waals surface area contributed by atoms with Crippen molar-refractivity contribution in [3.8, 4) is 5.88 Å². The van der Waals surface area contributed by atoms with E-state index in [1.807, 2.05) is 0 Å². The van der Waals surface area contributed by atoms with Crippen LogP contribution in [0.25, 0.3) is 5.52 Å². The minimum atomic E-state index is -3.57. The van der Waals surface area contributed by atoms with Crippen molar-refractivity contribution in [2.75, 3.05) is 14.2 Å². The third-order valence-electron chi connectivity index (χ3n) is 2.49. The van der Waals surface area contributed by atoms with Gasteiger partial charge in [-0.1, -0.05) is 6.07 Å². The third-order valence-corrected chi connectivity index (χ3v) is 3.84. The Kier molecular flexibility index (Phi) is 2.80. The zero-order chi connectivity index (χ0) is 12.6. The summed E-state index contributed by atoms with van der Waals surface area (Å²) in [5, 5.41) is 0.0106. The average Bonchev–Trinajstić information content (AvgIpc) is 2.68. The maximum absolute atomic E-state index is 11.8. The van der Waals surface area contributed by atoms with E-state index in [4.69, 9.17) is 4.74 Å². The van der Waals surface area contributed by atoms with E-state index in [-0.39, 0.29) is 5.03 Å². The van der Waals surface area contributed by atoms with Crippen molar-refractivity contribution in [2.45, 2.75) is 11.9 Å². The molecule has 0 amide bonds. The summed E-state index contributed by atoms with van der Waals surface area (Å²) in [4.78, 5) is 4.07. The summed E-state index contributed by atoms with van der Waals surface area (Å²) in [6, 6.07) is 5.16. The number of nitrogens with zero attached hydrogens (tertiary/aromatic N) is 2. The molecule has 0 aromatic carbocycles. The van der Waals surface area contributed by atoms with Crippen LogP contribution in [0.1, 0.15) is 5.82 Å². The molecule has 2 aromatic rings. The Morgan fingerprint density at radius 3 is 2.71 bits per heavy atom. The number of aromatic nitrogens is 2. The van der Waals surface area contributed by atoms with Gasteiger partial charge in [0.15, 0.2) is 10.9 Å². The van der Waals surface area contributed by atoms with Crippen LogP contribution in [0.2, 0.25) is 0 Å². The van der Waals surface area contributed by atoms with Crippen LogP contribution in [0.3, 0.4) is 0 Å². The van der Waals surface area contributed by atoms with Gasteiger partial charge in [0, 0.05) is 0 Å². The van der Waals surface area contributed by atoms with Gasteiger partial charge in [-0.15, -0.1) is 0 Å². The first-order valence-corrected chi connectivity index (χ1v) is 6.45. The number of methoxy groups -OCH3 is 1. The molecule has 17 heavy (non-hydrogen) atoms. The molecular weight excluding hydrogens is 242 g/mol. The minimum absolute atomic E-state index is 0.0106. The zero-order valence-corrected chi connectivity index (χ0v) is 10.6. The van der Waals surface area contributed by atoms with Gasteiger partial charge < -0.3 is 4.74 Å². The number of sulfonamides is 1. The van der Waals surface area contributed by atoms with Crippen molar-refractivity contribution in [1.29, 1.82) is 0 Å². The Bertz CT molecular complexity index is 661. The molecule has 6 nitrogen and oxygen atoms in total. The first-order valence-electron chi connectivity index (χ1n) is 4.97. The second-order valence-electron chi connectivity index (χ2n) is 3.46. The largest absolute Gasteiger partial charge is 0.482 e. The maximum atomic E-state index is 11.8. The molecule has 2 rings (SSSR count). The Morgan fingerprint density at radius 2 is 2.12 bits per heavy atom. The summed E-state index contributed by atoms with van der Waals surface area (Å²) in [6.07, 6.45) is 0. The van der Waals surface area contributed by atoms with Crippen molar-refractivity contribution in [1.82, 2.24) is 14.1 Å². The predicted molar refractivity (Wildman–Crippen MR) is 62.7 cm³/mol. The molecule has 0 saturated heterocycles. The molecule has 0 bridgehead atoms. The summed E-state index contributed by atoms with van der Waals surface area (Å²) < 4.78 is 32.7. The summed E-state index contributed by atoms with van der Waals surface area (Å²) in [5.41, 5.74) is 0.496. The van der Waals surface area contributed by atoms with Crippen LogP contribution < -0.4 is 9.46 Å². The Labute approximate surface area is 99.3 Å². The lowest BCUT2D eigenvalue weighted by Crippen LogP contribution is -2.19. The molecule has 1 N–H and O–H groups in total. The van der Waals surface area contributed by atoms with Crippen LogP contribution in [0, 0.1) is 6.92 Å². The van der Waals surface area contributed by atoms with Crippen molar-refractivity contribution in [3.63, 3.8) is 0 Å². The van der Waals surface area contributed by atoms with Crippen molar-refractivity contribution < 1.29 is 13.2 Å². The van der Waals surface area contributed by atoms with E-state index in [2.05, 4.69) is 9.71 Å². The Morgan fingerprint density at radius 1 is 1.41 bits per heavy atom. The molecule has 0 unspecified atom stereocenters. The highest BCUT2D eigenvalue weighted by Gasteiger charge is 2.21. The lowest BCUT2D eigenvalue weighted by molar-refractivity contribution is 0.391. The molecule has 0 saturated carbocycles. The number of nitrogens with one attached hydrogen (secondary N) is 1. The van der Waals surface area contributed by atoms with E-state index in [9.17, 15) is 8.42 Å². The fraction of sp³-hybridized carbons (Fsp3) is 0.300. The van der Waals surface area contributed by atoms with Crippen LogP contribution >= 0.6 is 0 Å². The monoisotopic (exact) mass is 255 g/mol. The number of hydrogen-bond donors (Lipinski definition) is 1. The molecule has 92 valence electrons. The van der Waals surface area contributed by atoms with Gasteiger partial charge in [-0.2, -0.15) is 0 Å². The first kappa shape index (κ1) is 11.9. The molecule has 7 heteroatoms. The topological polar surface area (TPSA) is 72.7 Å². The highest BCUT2D eigenvalue weighted by Crippen LogP contribution is 2.23. The molecule has 2 aromatic heterocycles. The van der Waals surface area contributed by atoms with Crippen molar-refractivity contribution in [2.24, 2.45) is 0 Å². The normalized spacial score (nSPS) is 11.9. The number of imidazole rings is 1.